The fourth-order valence-electron chi connectivity index (χ4n) is 5.40. The van der Waals surface area contributed by atoms with E-state index < -0.39 is 0 Å². The first-order valence-electron chi connectivity index (χ1n) is 13.3. The molecule has 0 unspecified atom stereocenters. The van der Waals surface area contributed by atoms with E-state index >= 15 is 0 Å². The van der Waals surface area contributed by atoms with Crippen LogP contribution in [0.3, 0.4) is 0 Å². The van der Waals surface area contributed by atoms with Crippen molar-refractivity contribution in [3.63, 3.8) is 0 Å². The van der Waals surface area contributed by atoms with Crippen LogP contribution in [0.5, 0.6) is 5.75 Å². The van der Waals surface area contributed by atoms with Crippen molar-refractivity contribution in [3.05, 3.63) is 75.2 Å². The molecular weight excluding hydrogens is 494 g/mol. The zero-order chi connectivity index (χ0) is 26.6. The summed E-state index contributed by atoms with van der Waals surface area (Å²) in [5.41, 5.74) is 4.40. The maximum atomic E-state index is 14.1. The Morgan fingerprint density at radius 2 is 2.00 bits per heavy atom. The molecule has 2 heterocycles. The number of rotatable bonds is 8. The van der Waals surface area contributed by atoms with E-state index in [0.717, 1.165) is 67.5 Å². The van der Waals surface area contributed by atoms with Crippen LogP contribution in [0.15, 0.2) is 47.8 Å². The number of carbonyl (C=O) groups is 2. The SMILES string of the molecule is C#Cc1nc(C(=O)N2[C@@H](CCCC)Cc3cc(OC)ccc3[C@@H]2c2ccc(NC(=O)C3CCC3)cc2)cs1. The van der Waals surface area contributed by atoms with E-state index in [9.17, 15) is 9.59 Å². The molecule has 0 radical (unpaired) electrons. The van der Waals surface area contributed by atoms with Gasteiger partial charge in [-0.2, -0.15) is 0 Å². The van der Waals surface area contributed by atoms with Gasteiger partial charge >= 0.3 is 0 Å². The molecule has 0 saturated heterocycles. The minimum atomic E-state index is -0.300. The van der Waals surface area contributed by atoms with Gasteiger partial charge in [0.15, 0.2) is 5.01 Å². The number of thiazole rings is 1. The number of fused-ring (bicyclic) bond motifs is 1. The molecule has 1 aliphatic carbocycles. The van der Waals surface area contributed by atoms with E-state index in [0.29, 0.717) is 10.7 Å². The summed E-state index contributed by atoms with van der Waals surface area (Å²) in [4.78, 5) is 33.0. The molecule has 3 aromatic rings. The number of benzene rings is 2. The number of ether oxygens (including phenoxy) is 1. The molecule has 7 heteroatoms. The molecule has 1 aromatic heterocycles. The van der Waals surface area contributed by atoms with Crippen molar-refractivity contribution in [1.29, 1.82) is 0 Å². The topological polar surface area (TPSA) is 71.5 Å². The van der Waals surface area contributed by atoms with Gasteiger partial charge < -0.3 is 15.0 Å². The molecular formula is C31H33N3O3S. The van der Waals surface area contributed by atoms with Crippen LogP contribution in [0.25, 0.3) is 0 Å². The van der Waals surface area contributed by atoms with Gasteiger partial charge in [0.25, 0.3) is 5.91 Å². The van der Waals surface area contributed by atoms with Crippen molar-refractivity contribution in [2.45, 2.75) is 64.0 Å². The Hall–Kier alpha value is -3.63. The Morgan fingerprint density at radius 3 is 2.63 bits per heavy atom. The Kier molecular flexibility index (Phi) is 7.80. The lowest BCUT2D eigenvalue weighted by Gasteiger charge is -2.43. The number of aromatic nitrogens is 1. The van der Waals surface area contributed by atoms with Crippen molar-refractivity contribution in [3.8, 4) is 18.1 Å². The van der Waals surface area contributed by atoms with Gasteiger partial charge in [-0.3, -0.25) is 9.59 Å². The zero-order valence-electron chi connectivity index (χ0n) is 21.9. The summed E-state index contributed by atoms with van der Waals surface area (Å²) in [5.74, 6) is 3.45. The molecule has 1 saturated carbocycles. The number of amides is 2. The lowest BCUT2D eigenvalue weighted by Crippen LogP contribution is -2.48. The highest BCUT2D eigenvalue weighted by Crippen LogP contribution is 2.42. The number of carbonyl (C=O) groups excluding carboxylic acids is 2. The number of hydrogen-bond acceptors (Lipinski definition) is 5. The van der Waals surface area contributed by atoms with E-state index in [-0.39, 0.29) is 29.8 Å². The molecule has 5 rings (SSSR count). The molecule has 2 aromatic carbocycles. The lowest BCUT2D eigenvalue weighted by atomic mass is 9.82. The van der Waals surface area contributed by atoms with E-state index in [4.69, 9.17) is 11.2 Å². The largest absolute Gasteiger partial charge is 0.497 e. The molecule has 38 heavy (non-hydrogen) atoms. The normalized spacial score (nSPS) is 18.7. The van der Waals surface area contributed by atoms with Crippen molar-refractivity contribution in [2.24, 2.45) is 5.92 Å². The van der Waals surface area contributed by atoms with Crippen LogP contribution in [-0.4, -0.2) is 34.8 Å². The highest BCUT2D eigenvalue weighted by molar-refractivity contribution is 7.10. The molecule has 2 aliphatic rings. The highest BCUT2D eigenvalue weighted by Gasteiger charge is 2.39. The lowest BCUT2D eigenvalue weighted by molar-refractivity contribution is -0.122. The van der Waals surface area contributed by atoms with E-state index in [1.54, 1.807) is 12.5 Å². The minimum Gasteiger partial charge on any atom is -0.497 e. The standard InChI is InChI=1S/C31H33N3O3S/c1-4-6-10-24-17-22-18-25(37-3)15-16-26(22)29(34(24)31(36)27-19-38-28(5-2)33-27)20-11-13-23(14-12-20)32-30(35)21-8-7-9-21/h2,11-16,18-19,21,24,29H,4,6-10,17H2,1,3H3,(H,32,35)/t24-,29-/m0/s1. The second-order valence-corrected chi connectivity index (χ2v) is 11.0. The van der Waals surface area contributed by atoms with E-state index in [1.807, 2.05) is 35.2 Å². The summed E-state index contributed by atoms with van der Waals surface area (Å²) in [6, 6.07) is 13.7. The van der Waals surface area contributed by atoms with Gasteiger partial charge in [0.05, 0.1) is 13.2 Å². The smallest absolute Gasteiger partial charge is 0.274 e. The fourth-order valence-corrected chi connectivity index (χ4v) is 6.00. The maximum absolute atomic E-state index is 14.1. The van der Waals surface area contributed by atoms with Gasteiger partial charge in [-0.1, -0.05) is 44.4 Å². The van der Waals surface area contributed by atoms with Crippen molar-refractivity contribution in [2.75, 3.05) is 12.4 Å². The number of methoxy groups -OCH3 is 1. The second kappa shape index (κ2) is 11.4. The Balaban J connectivity index is 1.55. The van der Waals surface area contributed by atoms with Crippen molar-refractivity contribution >= 4 is 28.8 Å². The Bertz CT molecular complexity index is 1350. The van der Waals surface area contributed by atoms with Crippen molar-refractivity contribution < 1.29 is 14.3 Å². The Morgan fingerprint density at radius 1 is 1.21 bits per heavy atom. The fraction of sp³-hybridized carbons (Fsp3) is 0.387. The Labute approximate surface area is 228 Å². The summed E-state index contributed by atoms with van der Waals surface area (Å²) >= 11 is 1.31. The maximum Gasteiger partial charge on any atom is 0.274 e. The van der Waals surface area contributed by atoms with Crippen molar-refractivity contribution in [1.82, 2.24) is 9.88 Å². The minimum absolute atomic E-state index is 0.000961. The van der Waals surface area contributed by atoms with E-state index in [1.165, 1.54) is 16.9 Å². The average molecular weight is 528 g/mol. The van der Waals surface area contributed by atoms with Gasteiger partial charge in [-0.25, -0.2) is 4.98 Å². The van der Waals surface area contributed by atoms with Gasteiger partial charge in [0.2, 0.25) is 5.91 Å². The zero-order valence-corrected chi connectivity index (χ0v) is 22.7. The molecule has 1 fully saturated rings. The monoisotopic (exact) mass is 527 g/mol. The molecule has 196 valence electrons. The quantitative estimate of drug-likeness (QED) is 0.353. The average Bonchev–Trinajstić information content (AvgIpc) is 3.39. The summed E-state index contributed by atoms with van der Waals surface area (Å²) in [5, 5.41) is 5.31. The number of unbranched alkanes of at least 4 members (excludes halogenated alkanes) is 1. The predicted octanol–water partition coefficient (Wildman–Crippen LogP) is 6.22. The number of terminal acetylenes is 1. The summed E-state index contributed by atoms with van der Waals surface area (Å²) < 4.78 is 5.53. The summed E-state index contributed by atoms with van der Waals surface area (Å²) in [6.45, 7) is 2.17. The number of hydrogen-bond donors (Lipinski definition) is 1. The van der Waals surface area contributed by atoms with Crippen LogP contribution in [0, 0.1) is 18.3 Å². The first kappa shape index (κ1) is 26.0. The molecule has 1 aliphatic heterocycles. The third kappa shape index (κ3) is 5.19. The van der Waals surface area contributed by atoms with Gasteiger partial charge in [0.1, 0.15) is 11.4 Å². The van der Waals surface area contributed by atoms with Crippen LogP contribution < -0.4 is 10.1 Å². The third-order valence-electron chi connectivity index (χ3n) is 7.71. The van der Waals surface area contributed by atoms with Crippen LogP contribution in [0.2, 0.25) is 0 Å². The second-order valence-electron chi connectivity index (χ2n) is 10.1. The van der Waals surface area contributed by atoms with Gasteiger partial charge in [0, 0.05) is 23.0 Å². The van der Waals surface area contributed by atoms with Gasteiger partial charge in [-0.15, -0.1) is 17.8 Å². The van der Waals surface area contributed by atoms with E-state index in [2.05, 4.69) is 35.3 Å². The molecule has 2 amide bonds. The molecule has 6 nitrogen and oxygen atoms in total. The number of anilines is 1. The summed E-state index contributed by atoms with van der Waals surface area (Å²) in [6.07, 6.45) is 12.3. The first-order chi connectivity index (χ1) is 18.5. The number of nitrogens with zero attached hydrogens (tertiary/aromatic N) is 2. The molecule has 2 atom stereocenters. The first-order valence-corrected chi connectivity index (χ1v) is 14.2. The molecule has 0 bridgehead atoms. The predicted molar refractivity (Wildman–Crippen MR) is 150 cm³/mol. The molecule has 0 spiro atoms. The van der Waals surface area contributed by atoms with Crippen LogP contribution in [0.1, 0.15) is 83.7 Å². The van der Waals surface area contributed by atoms with Crippen LogP contribution in [-0.2, 0) is 11.2 Å². The summed E-state index contributed by atoms with van der Waals surface area (Å²) in [7, 11) is 1.67. The molecule has 1 N–H and O–H groups in total. The van der Waals surface area contributed by atoms with Crippen LogP contribution in [0.4, 0.5) is 5.69 Å². The van der Waals surface area contributed by atoms with Gasteiger partial charge in [-0.05, 0) is 72.6 Å². The highest BCUT2D eigenvalue weighted by atomic mass is 32.1. The number of nitrogens with one attached hydrogen (secondary N) is 1. The van der Waals surface area contributed by atoms with Crippen LogP contribution >= 0.6 is 11.3 Å². The third-order valence-corrected chi connectivity index (χ3v) is 8.49.